The first-order valence-electron chi connectivity index (χ1n) is 6.07. The minimum Gasteiger partial charge on any atom is -0.350 e. The van der Waals surface area contributed by atoms with Gasteiger partial charge in [-0.15, -0.1) is 12.4 Å². The van der Waals surface area contributed by atoms with E-state index in [-0.39, 0.29) is 18.4 Å². The number of hydrogen-bond acceptors (Lipinski definition) is 1. The van der Waals surface area contributed by atoms with Crippen LogP contribution in [0.3, 0.4) is 0 Å². The summed E-state index contributed by atoms with van der Waals surface area (Å²) in [4.78, 5) is 0. The van der Waals surface area contributed by atoms with E-state index in [1.807, 2.05) is 0 Å². The van der Waals surface area contributed by atoms with Crippen LogP contribution in [-0.4, -0.2) is 4.57 Å². The molecule has 3 heteroatoms. The lowest BCUT2D eigenvalue weighted by Gasteiger charge is -2.31. The van der Waals surface area contributed by atoms with Gasteiger partial charge in [0.25, 0.3) is 0 Å². The third kappa shape index (κ3) is 1.96. The second-order valence-electron chi connectivity index (χ2n) is 4.93. The summed E-state index contributed by atoms with van der Waals surface area (Å²) < 4.78 is 2.18. The number of rotatable bonds is 2. The summed E-state index contributed by atoms with van der Waals surface area (Å²) in [5.74, 6) is 0.700. The first-order valence-corrected chi connectivity index (χ1v) is 6.07. The van der Waals surface area contributed by atoms with E-state index in [9.17, 15) is 0 Å². The highest BCUT2D eigenvalue weighted by atomic mass is 35.5. The maximum Gasteiger partial charge on any atom is 0.0481 e. The molecule has 2 N–H and O–H groups in total. The van der Waals surface area contributed by atoms with Gasteiger partial charge in [-0.3, -0.25) is 0 Å². The standard InChI is InChI=1S/C14H18N2.ClH/c1-16-9-12(14(15)10-5-4-6-10)11-7-2-3-8-13(11)16;/h2-3,7-10,14H,4-6,15H2,1H3;1H/t14-;/m1./s1. The number of fused-ring (bicyclic) bond motifs is 1. The summed E-state index contributed by atoms with van der Waals surface area (Å²) >= 11 is 0. The largest absolute Gasteiger partial charge is 0.350 e. The molecule has 1 aliphatic rings. The molecule has 0 amide bonds. The van der Waals surface area contributed by atoms with Crippen LogP contribution in [0, 0.1) is 5.92 Å². The van der Waals surface area contributed by atoms with Crippen LogP contribution in [0.1, 0.15) is 30.9 Å². The van der Waals surface area contributed by atoms with Crippen LogP contribution in [0.5, 0.6) is 0 Å². The fraction of sp³-hybridized carbons (Fsp3) is 0.429. The van der Waals surface area contributed by atoms with Crippen LogP contribution in [0.2, 0.25) is 0 Å². The van der Waals surface area contributed by atoms with Crippen molar-refractivity contribution in [3.8, 4) is 0 Å². The van der Waals surface area contributed by atoms with Crippen molar-refractivity contribution in [1.82, 2.24) is 4.57 Å². The Labute approximate surface area is 108 Å². The molecule has 0 radical (unpaired) electrons. The van der Waals surface area contributed by atoms with Crippen molar-refractivity contribution in [2.45, 2.75) is 25.3 Å². The summed E-state index contributed by atoms with van der Waals surface area (Å²) in [5, 5.41) is 1.32. The number of halogens is 1. The van der Waals surface area contributed by atoms with Crippen molar-refractivity contribution in [2.75, 3.05) is 0 Å². The van der Waals surface area contributed by atoms with Crippen LogP contribution in [0.15, 0.2) is 30.5 Å². The van der Waals surface area contributed by atoms with Gasteiger partial charge in [0.05, 0.1) is 0 Å². The molecule has 2 aromatic rings. The average molecular weight is 251 g/mol. The Morgan fingerprint density at radius 1 is 1.29 bits per heavy atom. The Balaban J connectivity index is 0.00000108. The fourth-order valence-electron chi connectivity index (χ4n) is 2.69. The lowest BCUT2D eigenvalue weighted by atomic mass is 9.77. The van der Waals surface area contributed by atoms with E-state index in [4.69, 9.17) is 5.73 Å². The SMILES string of the molecule is Cl.Cn1cc([C@H](N)C2CCC2)c2ccccc21. The number of aromatic nitrogens is 1. The molecule has 0 saturated heterocycles. The lowest BCUT2D eigenvalue weighted by molar-refractivity contribution is 0.265. The zero-order chi connectivity index (χ0) is 11.1. The molecule has 0 aliphatic heterocycles. The first kappa shape index (κ1) is 12.5. The van der Waals surface area contributed by atoms with Gasteiger partial charge in [-0.2, -0.15) is 0 Å². The minimum atomic E-state index is 0. The maximum absolute atomic E-state index is 6.37. The Kier molecular flexibility index (Phi) is 3.45. The van der Waals surface area contributed by atoms with Crippen molar-refractivity contribution in [3.05, 3.63) is 36.0 Å². The van der Waals surface area contributed by atoms with Gasteiger partial charge >= 0.3 is 0 Å². The molecule has 0 unspecified atom stereocenters. The van der Waals surface area contributed by atoms with Crippen LogP contribution >= 0.6 is 12.4 Å². The number of para-hydroxylation sites is 1. The number of aryl methyl sites for hydroxylation is 1. The second-order valence-corrected chi connectivity index (χ2v) is 4.93. The molecule has 92 valence electrons. The van der Waals surface area contributed by atoms with Gasteiger partial charge in [0.15, 0.2) is 0 Å². The van der Waals surface area contributed by atoms with Gasteiger partial charge in [-0.1, -0.05) is 24.6 Å². The van der Waals surface area contributed by atoms with E-state index in [2.05, 4.69) is 42.1 Å². The molecule has 1 fully saturated rings. The Bertz CT molecular complexity index is 514. The smallest absolute Gasteiger partial charge is 0.0481 e. The van der Waals surface area contributed by atoms with Gasteiger partial charge in [-0.25, -0.2) is 0 Å². The maximum atomic E-state index is 6.37. The monoisotopic (exact) mass is 250 g/mol. The van der Waals surface area contributed by atoms with Crippen molar-refractivity contribution >= 4 is 23.3 Å². The van der Waals surface area contributed by atoms with Crippen molar-refractivity contribution in [2.24, 2.45) is 18.7 Å². The second kappa shape index (κ2) is 4.71. The highest BCUT2D eigenvalue weighted by Gasteiger charge is 2.27. The molecule has 2 nitrogen and oxygen atoms in total. The molecule has 1 heterocycles. The third-order valence-corrected chi connectivity index (χ3v) is 3.94. The van der Waals surface area contributed by atoms with E-state index in [1.165, 1.54) is 35.7 Å². The van der Waals surface area contributed by atoms with Crippen LogP contribution in [0.25, 0.3) is 10.9 Å². The number of benzene rings is 1. The van der Waals surface area contributed by atoms with Gasteiger partial charge in [0.2, 0.25) is 0 Å². The molecule has 1 saturated carbocycles. The van der Waals surface area contributed by atoms with E-state index >= 15 is 0 Å². The van der Waals surface area contributed by atoms with Crippen molar-refractivity contribution in [1.29, 1.82) is 0 Å². The minimum absolute atomic E-state index is 0. The summed E-state index contributed by atoms with van der Waals surface area (Å²) in [6, 6.07) is 8.75. The Hall–Kier alpha value is -0.990. The van der Waals surface area contributed by atoms with Gasteiger partial charge < -0.3 is 10.3 Å². The third-order valence-electron chi connectivity index (χ3n) is 3.94. The van der Waals surface area contributed by atoms with E-state index in [0.717, 1.165) is 0 Å². The van der Waals surface area contributed by atoms with E-state index < -0.39 is 0 Å². The summed E-state index contributed by atoms with van der Waals surface area (Å²) in [7, 11) is 2.10. The molecular formula is C14H19ClN2. The molecule has 1 atom stereocenters. The quantitative estimate of drug-likeness (QED) is 0.870. The molecule has 17 heavy (non-hydrogen) atoms. The molecule has 1 aromatic heterocycles. The topological polar surface area (TPSA) is 30.9 Å². The Morgan fingerprint density at radius 2 is 2.00 bits per heavy atom. The molecule has 0 spiro atoms. The molecule has 0 bridgehead atoms. The molecular weight excluding hydrogens is 232 g/mol. The number of hydrogen-bond donors (Lipinski definition) is 1. The van der Waals surface area contributed by atoms with E-state index in [1.54, 1.807) is 0 Å². The Morgan fingerprint density at radius 3 is 2.65 bits per heavy atom. The normalized spacial score (nSPS) is 17.5. The van der Waals surface area contributed by atoms with Gasteiger partial charge in [-0.05, 0) is 30.4 Å². The van der Waals surface area contributed by atoms with Crippen molar-refractivity contribution < 1.29 is 0 Å². The first-order chi connectivity index (χ1) is 7.77. The molecule has 1 aliphatic carbocycles. The highest BCUT2D eigenvalue weighted by molar-refractivity contribution is 5.85. The molecule has 3 rings (SSSR count). The van der Waals surface area contributed by atoms with E-state index in [0.29, 0.717) is 5.92 Å². The zero-order valence-corrected chi connectivity index (χ0v) is 10.9. The predicted molar refractivity (Wildman–Crippen MR) is 74.4 cm³/mol. The highest BCUT2D eigenvalue weighted by Crippen LogP contribution is 2.38. The van der Waals surface area contributed by atoms with Crippen LogP contribution < -0.4 is 5.73 Å². The van der Waals surface area contributed by atoms with Gasteiger partial charge in [0, 0.05) is 30.2 Å². The van der Waals surface area contributed by atoms with Crippen molar-refractivity contribution in [3.63, 3.8) is 0 Å². The van der Waals surface area contributed by atoms with Crippen LogP contribution in [-0.2, 0) is 7.05 Å². The summed E-state index contributed by atoms with van der Waals surface area (Å²) in [6.07, 6.45) is 6.14. The predicted octanol–water partition coefficient (Wildman–Crippen LogP) is 3.40. The zero-order valence-electron chi connectivity index (χ0n) is 10.1. The number of nitrogens with two attached hydrogens (primary N) is 1. The molecule has 1 aromatic carbocycles. The fourth-order valence-corrected chi connectivity index (χ4v) is 2.69. The van der Waals surface area contributed by atoms with Gasteiger partial charge in [0.1, 0.15) is 0 Å². The number of nitrogens with zero attached hydrogens (tertiary/aromatic N) is 1. The summed E-state index contributed by atoms with van der Waals surface area (Å²) in [5.41, 5.74) is 8.97. The summed E-state index contributed by atoms with van der Waals surface area (Å²) in [6.45, 7) is 0. The lowest BCUT2D eigenvalue weighted by Crippen LogP contribution is -2.26. The average Bonchev–Trinajstić information content (AvgIpc) is 2.55. The van der Waals surface area contributed by atoms with Crippen LogP contribution in [0.4, 0.5) is 0 Å².